The molecule has 0 spiro atoms. The number of rotatable bonds is 7. The molecule has 0 bridgehead atoms. The van der Waals surface area contributed by atoms with Gasteiger partial charge in [-0.1, -0.05) is 54.5 Å². The average molecular weight is 479 g/mol. The van der Waals surface area contributed by atoms with E-state index in [-0.39, 0.29) is 22.9 Å². The fourth-order valence-corrected chi connectivity index (χ4v) is 5.17. The van der Waals surface area contributed by atoms with Crippen molar-refractivity contribution in [3.05, 3.63) is 93.6 Å². The minimum atomic E-state index is -3.77. The molecule has 0 unspecified atom stereocenters. The lowest BCUT2D eigenvalue weighted by Crippen LogP contribution is -2.28. The van der Waals surface area contributed by atoms with E-state index in [0.29, 0.717) is 34.0 Å². The standard InChI is InChI=1S/C25H26N4O4S/c1-16-10-11-21(22-12-13-24(30)29(27-22)25-18(3)28-33-19(25)4)14-23(16)34(31,32)26-15-17(2)20-8-6-5-7-9-20/h5-14,17,26H,15H2,1-4H3/t17-/m0/s1. The van der Waals surface area contributed by atoms with Crippen LogP contribution in [0.1, 0.15) is 35.4 Å². The van der Waals surface area contributed by atoms with Gasteiger partial charge < -0.3 is 4.52 Å². The van der Waals surface area contributed by atoms with Crippen molar-refractivity contribution in [2.24, 2.45) is 0 Å². The minimum absolute atomic E-state index is 0.0136. The van der Waals surface area contributed by atoms with Gasteiger partial charge >= 0.3 is 0 Å². The first-order valence-electron chi connectivity index (χ1n) is 10.9. The van der Waals surface area contributed by atoms with Crippen molar-refractivity contribution in [1.29, 1.82) is 0 Å². The van der Waals surface area contributed by atoms with Crippen molar-refractivity contribution in [1.82, 2.24) is 19.7 Å². The van der Waals surface area contributed by atoms with Crippen LogP contribution in [-0.2, 0) is 10.0 Å². The highest BCUT2D eigenvalue weighted by molar-refractivity contribution is 7.89. The molecule has 4 rings (SSSR count). The summed E-state index contributed by atoms with van der Waals surface area (Å²) in [5, 5.41) is 8.35. The van der Waals surface area contributed by atoms with Gasteiger partial charge in [-0.2, -0.15) is 9.78 Å². The molecule has 9 heteroatoms. The van der Waals surface area contributed by atoms with Crippen molar-refractivity contribution >= 4 is 10.0 Å². The first-order chi connectivity index (χ1) is 16.2. The Morgan fingerprint density at radius 3 is 2.44 bits per heavy atom. The lowest BCUT2D eigenvalue weighted by molar-refractivity contribution is 0.392. The summed E-state index contributed by atoms with van der Waals surface area (Å²) in [6, 6.07) is 17.8. The van der Waals surface area contributed by atoms with Gasteiger partial charge in [0, 0.05) is 18.2 Å². The Kier molecular flexibility index (Phi) is 6.49. The zero-order valence-corrected chi connectivity index (χ0v) is 20.3. The smallest absolute Gasteiger partial charge is 0.271 e. The SMILES string of the molecule is Cc1ccc(-c2ccc(=O)n(-c3c(C)noc3C)n2)cc1S(=O)(=O)NC[C@H](C)c1ccccc1. The largest absolute Gasteiger partial charge is 0.359 e. The zero-order valence-electron chi connectivity index (χ0n) is 19.4. The summed E-state index contributed by atoms with van der Waals surface area (Å²) in [6.45, 7) is 7.42. The molecule has 2 aromatic carbocycles. The number of aromatic nitrogens is 3. The lowest BCUT2D eigenvalue weighted by atomic mass is 10.0. The van der Waals surface area contributed by atoms with Crippen molar-refractivity contribution in [3.8, 4) is 16.9 Å². The lowest BCUT2D eigenvalue weighted by Gasteiger charge is -2.15. The third-order valence-corrected chi connectivity index (χ3v) is 7.29. The molecule has 2 heterocycles. The molecule has 34 heavy (non-hydrogen) atoms. The van der Waals surface area contributed by atoms with E-state index in [1.807, 2.05) is 37.3 Å². The second kappa shape index (κ2) is 9.36. The van der Waals surface area contributed by atoms with Gasteiger partial charge in [-0.15, -0.1) is 0 Å². The van der Waals surface area contributed by atoms with Crippen molar-refractivity contribution in [2.45, 2.75) is 38.5 Å². The van der Waals surface area contributed by atoms with Crippen LogP contribution in [0.2, 0.25) is 0 Å². The van der Waals surface area contributed by atoms with E-state index >= 15 is 0 Å². The van der Waals surface area contributed by atoms with Crippen LogP contribution >= 0.6 is 0 Å². The van der Waals surface area contributed by atoms with E-state index in [0.717, 1.165) is 5.56 Å². The molecule has 0 saturated heterocycles. The normalized spacial score (nSPS) is 12.6. The van der Waals surface area contributed by atoms with Crippen LogP contribution < -0.4 is 10.3 Å². The Morgan fingerprint density at radius 1 is 1.03 bits per heavy atom. The highest BCUT2D eigenvalue weighted by Gasteiger charge is 2.20. The number of nitrogens with zero attached hydrogens (tertiary/aromatic N) is 3. The fourth-order valence-electron chi connectivity index (χ4n) is 3.77. The van der Waals surface area contributed by atoms with Crippen molar-refractivity contribution in [3.63, 3.8) is 0 Å². The van der Waals surface area contributed by atoms with Gasteiger partial charge in [-0.3, -0.25) is 4.79 Å². The molecule has 0 amide bonds. The van der Waals surface area contributed by atoms with Gasteiger partial charge in [0.1, 0.15) is 11.4 Å². The minimum Gasteiger partial charge on any atom is -0.359 e. The highest BCUT2D eigenvalue weighted by Crippen LogP contribution is 2.25. The van der Waals surface area contributed by atoms with Crippen molar-refractivity contribution < 1.29 is 12.9 Å². The second-order valence-electron chi connectivity index (χ2n) is 8.29. The zero-order chi connectivity index (χ0) is 24.5. The summed E-state index contributed by atoms with van der Waals surface area (Å²) < 4.78 is 35.4. The molecule has 0 aliphatic carbocycles. The van der Waals surface area contributed by atoms with E-state index < -0.39 is 10.0 Å². The van der Waals surface area contributed by atoms with Gasteiger partial charge in [-0.05, 0) is 49.9 Å². The van der Waals surface area contributed by atoms with Crippen LogP contribution in [0.25, 0.3) is 16.9 Å². The Hall–Kier alpha value is -3.56. The molecule has 0 radical (unpaired) electrons. The van der Waals surface area contributed by atoms with Crippen LogP contribution in [-0.4, -0.2) is 29.9 Å². The van der Waals surface area contributed by atoms with E-state index in [1.165, 1.54) is 10.7 Å². The summed E-state index contributed by atoms with van der Waals surface area (Å²) >= 11 is 0. The number of nitrogens with one attached hydrogen (secondary N) is 1. The van der Waals surface area contributed by atoms with Gasteiger partial charge in [-0.25, -0.2) is 13.1 Å². The molecule has 0 aliphatic rings. The molecule has 1 N–H and O–H groups in total. The summed E-state index contributed by atoms with van der Waals surface area (Å²) in [5.41, 5.74) is 3.37. The molecule has 4 aromatic rings. The van der Waals surface area contributed by atoms with Gasteiger partial charge in [0.2, 0.25) is 10.0 Å². The molecular formula is C25H26N4O4S. The van der Waals surface area contributed by atoms with E-state index in [1.54, 1.807) is 45.0 Å². The predicted octanol–water partition coefficient (Wildman–Crippen LogP) is 3.89. The average Bonchev–Trinajstić information content (AvgIpc) is 3.16. The summed E-state index contributed by atoms with van der Waals surface area (Å²) in [7, 11) is -3.77. The van der Waals surface area contributed by atoms with Gasteiger partial charge in [0.15, 0.2) is 5.76 Å². The molecular weight excluding hydrogens is 452 g/mol. The quantitative estimate of drug-likeness (QED) is 0.432. The highest BCUT2D eigenvalue weighted by atomic mass is 32.2. The number of hydrogen-bond acceptors (Lipinski definition) is 6. The third kappa shape index (κ3) is 4.71. The van der Waals surface area contributed by atoms with Crippen LogP contribution in [0.4, 0.5) is 0 Å². The molecule has 0 fully saturated rings. The first-order valence-corrected chi connectivity index (χ1v) is 12.3. The Labute approximate surface area is 198 Å². The van der Waals surface area contributed by atoms with Crippen LogP contribution in [0, 0.1) is 20.8 Å². The second-order valence-corrected chi connectivity index (χ2v) is 10.0. The Bertz CT molecular complexity index is 1470. The summed E-state index contributed by atoms with van der Waals surface area (Å²) in [4.78, 5) is 12.6. The van der Waals surface area contributed by atoms with E-state index in [4.69, 9.17) is 4.52 Å². The Balaban J connectivity index is 1.66. The Morgan fingerprint density at radius 2 is 1.76 bits per heavy atom. The van der Waals surface area contributed by atoms with E-state index in [9.17, 15) is 13.2 Å². The first kappa shape index (κ1) is 23.6. The summed E-state index contributed by atoms with van der Waals surface area (Å²) in [6.07, 6.45) is 0. The molecule has 8 nitrogen and oxygen atoms in total. The topological polar surface area (TPSA) is 107 Å². The van der Waals surface area contributed by atoms with E-state index in [2.05, 4.69) is 15.0 Å². The van der Waals surface area contributed by atoms with Gasteiger partial charge in [0.05, 0.1) is 10.6 Å². The van der Waals surface area contributed by atoms with Crippen LogP contribution in [0.15, 0.2) is 74.9 Å². The fraction of sp³-hybridized carbons (Fsp3) is 0.240. The number of benzene rings is 2. The molecule has 0 aliphatic heterocycles. The maximum absolute atomic E-state index is 13.2. The molecule has 1 atom stereocenters. The van der Waals surface area contributed by atoms with Crippen LogP contribution in [0.3, 0.4) is 0 Å². The molecule has 176 valence electrons. The monoisotopic (exact) mass is 478 g/mol. The third-order valence-electron chi connectivity index (χ3n) is 5.73. The maximum atomic E-state index is 13.2. The molecule has 0 saturated carbocycles. The van der Waals surface area contributed by atoms with Crippen LogP contribution in [0.5, 0.6) is 0 Å². The summed E-state index contributed by atoms with van der Waals surface area (Å²) in [5.74, 6) is 0.480. The van der Waals surface area contributed by atoms with Gasteiger partial charge in [0.25, 0.3) is 5.56 Å². The number of aryl methyl sites for hydroxylation is 3. The number of sulfonamides is 1. The predicted molar refractivity (Wildman–Crippen MR) is 130 cm³/mol. The molecule has 2 aromatic heterocycles. The van der Waals surface area contributed by atoms with Crippen molar-refractivity contribution in [2.75, 3.05) is 6.54 Å². The maximum Gasteiger partial charge on any atom is 0.271 e. The number of hydrogen-bond donors (Lipinski definition) is 1.